The Morgan fingerprint density at radius 1 is 1.40 bits per heavy atom. The van der Waals surface area contributed by atoms with Gasteiger partial charge in [0.1, 0.15) is 0 Å². The first-order valence-electron chi connectivity index (χ1n) is 7.60. The predicted molar refractivity (Wildman–Crippen MR) is 85.1 cm³/mol. The average molecular weight is 307 g/mol. The third-order valence-corrected chi connectivity index (χ3v) is 4.09. The van der Waals surface area contributed by atoms with Crippen LogP contribution in [0.15, 0.2) is 0 Å². The molecule has 0 radical (unpaired) electrons. The van der Waals surface area contributed by atoms with Crippen LogP contribution in [0.1, 0.15) is 52.9 Å². The molecule has 0 bridgehead atoms. The van der Waals surface area contributed by atoms with Gasteiger partial charge in [-0.25, -0.2) is 0 Å². The fourth-order valence-corrected chi connectivity index (χ4v) is 2.65. The van der Waals surface area contributed by atoms with Crippen LogP contribution in [0.2, 0.25) is 0 Å². The molecule has 20 heavy (non-hydrogen) atoms. The largest absolute Gasteiger partial charge is 0.382 e. The molecule has 0 saturated heterocycles. The predicted octanol–water partition coefficient (Wildman–Crippen LogP) is 2.49. The minimum atomic E-state index is -0.371. The molecule has 0 aromatic rings. The van der Waals surface area contributed by atoms with Crippen LogP contribution >= 0.6 is 12.4 Å². The Hall–Kier alpha value is -0.320. The Balaban J connectivity index is 0.00000361. The minimum Gasteiger partial charge on any atom is -0.382 e. The zero-order valence-electron chi connectivity index (χ0n) is 13.1. The highest BCUT2D eigenvalue weighted by atomic mass is 35.5. The number of nitrogens with two attached hydrogens (primary N) is 1. The Kier molecular flexibility index (Phi) is 9.43. The lowest BCUT2D eigenvalue weighted by Crippen LogP contribution is -2.48. The molecule has 1 amide bonds. The second kappa shape index (κ2) is 9.59. The fourth-order valence-electron chi connectivity index (χ4n) is 2.65. The molecule has 0 heterocycles. The summed E-state index contributed by atoms with van der Waals surface area (Å²) in [6, 6.07) is -0.371. The van der Waals surface area contributed by atoms with E-state index in [-0.39, 0.29) is 29.8 Å². The van der Waals surface area contributed by atoms with Gasteiger partial charge in [-0.1, -0.05) is 20.3 Å². The van der Waals surface area contributed by atoms with E-state index in [1.807, 2.05) is 6.92 Å². The van der Waals surface area contributed by atoms with Crippen LogP contribution < -0.4 is 11.1 Å². The van der Waals surface area contributed by atoms with Crippen molar-refractivity contribution in [2.24, 2.45) is 17.1 Å². The standard InChI is InChI=1S/C15H30N2O2.ClH/c1-4-19-9-8-15(6-5-7-15)11-17-14(18)13(16)10-12(2)3;/h12-13H,4-11,16H2,1-3H3,(H,17,18);1H/t13-;/m0./s1. The number of amides is 1. The SMILES string of the molecule is CCOCCC1(CNC(=O)[C@@H](N)CC(C)C)CCC1.Cl. The molecule has 1 fully saturated rings. The van der Waals surface area contributed by atoms with E-state index in [0.29, 0.717) is 5.92 Å². The summed E-state index contributed by atoms with van der Waals surface area (Å²) in [4.78, 5) is 11.9. The van der Waals surface area contributed by atoms with Gasteiger partial charge in [-0.3, -0.25) is 4.79 Å². The average Bonchev–Trinajstić information content (AvgIpc) is 2.30. The van der Waals surface area contributed by atoms with E-state index in [9.17, 15) is 4.79 Å². The zero-order valence-corrected chi connectivity index (χ0v) is 13.9. The van der Waals surface area contributed by atoms with Crippen LogP contribution in [0.4, 0.5) is 0 Å². The molecule has 0 unspecified atom stereocenters. The second-order valence-corrected chi connectivity index (χ2v) is 6.25. The first kappa shape index (κ1) is 19.7. The van der Waals surface area contributed by atoms with Gasteiger partial charge in [0.2, 0.25) is 5.91 Å². The molecular weight excluding hydrogens is 276 g/mol. The van der Waals surface area contributed by atoms with Crippen molar-refractivity contribution in [1.29, 1.82) is 0 Å². The Labute approximate surface area is 129 Å². The van der Waals surface area contributed by atoms with Crippen LogP contribution in [-0.4, -0.2) is 31.7 Å². The van der Waals surface area contributed by atoms with Crippen molar-refractivity contribution in [2.75, 3.05) is 19.8 Å². The summed E-state index contributed by atoms with van der Waals surface area (Å²) in [5, 5.41) is 3.04. The van der Waals surface area contributed by atoms with Crippen molar-refractivity contribution < 1.29 is 9.53 Å². The van der Waals surface area contributed by atoms with E-state index >= 15 is 0 Å². The number of halogens is 1. The summed E-state index contributed by atoms with van der Waals surface area (Å²) in [6.45, 7) is 8.50. The summed E-state index contributed by atoms with van der Waals surface area (Å²) in [7, 11) is 0. The van der Waals surface area contributed by atoms with Gasteiger partial charge in [0.15, 0.2) is 0 Å². The third kappa shape index (κ3) is 6.42. The zero-order chi connectivity index (χ0) is 14.3. The number of carbonyl (C=O) groups excluding carboxylic acids is 1. The quantitative estimate of drug-likeness (QED) is 0.643. The van der Waals surface area contributed by atoms with E-state index in [4.69, 9.17) is 10.5 Å². The molecule has 120 valence electrons. The number of ether oxygens (including phenoxy) is 1. The number of rotatable bonds is 9. The highest BCUT2D eigenvalue weighted by molar-refractivity contribution is 5.85. The maximum atomic E-state index is 11.9. The van der Waals surface area contributed by atoms with E-state index < -0.39 is 0 Å². The van der Waals surface area contributed by atoms with Crippen LogP contribution in [-0.2, 0) is 9.53 Å². The highest BCUT2D eigenvalue weighted by Gasteiger charge is 2.37. The smallest absolute Gasteiger partial charge is 0.236 e. The van der Waals surface area contributed by atoms with E-state index in [0.717, 1.165) is 32.6 Å². The van der Waals surface area contributed by atoms with Gasteiger partial charge in [0.05, 0.1) is 6.04 Å². The van der Waals surface area contributed by atoms with Crippen molar-refractivity contribution in [2.45, 2.75) is 58.9 Å². The monoisotopic (exact) mass is 306 g/mol. The topological polar surface area (TPSA) is 64.3 Å². The normalized spacial score (nSPS) is 18.1. The minimum absolute atomic E-state index is 0. The molecule has 1 atom stereocenters. The van der Waals surface area contributed by atoms with E-state index in [2.05, 4.69) is 19.2 Å². The van der Waals surface area contributed by atoms with Crippen molar-refractivity contribution in [3.63, 3.8) is 0 Å². The molecular formula is C15H31ClN2O2. The second-order valence-electron chi connectivity index (χ2n) is 6.25. The summed E-state index contributed by atoms with van der Waals surface area (Å²) < 4.78 is 5.43. The van der Waals surface area contributed by atoms with Crippen molar-refractivity contribution in [3.05, 3.63) is 0 Å². The highest BCUT2D eigenvalue weighted by Crippen LogP contribution is 2.43. The molecule has 5 heteroatoms. The number of hydrogen-bond acceptors (Lipinski definition) is 3. The Morgan fingerprint density at radius 3 is 2.50 bits per heavy atom. The Morgan fingerprint density at radius 2 is 2.05 bits per heavy atom. The molecule has 1 rings (SSSR count). The van der Waals surface area contributed by atoms with E-state index in [1.54, 1.807) is 0 Å². The first-order valence-corrected chi connectivity index (χ1v) is 7.60. The lowest BCUT2D eigenvalue weighted by molar-refractivity contribution is -0.123. The lowest BCUT2D eigenvalue weighted by Gasteiger charge is -2.42. The summed E-state index contributed by atoms with van der Waals surface area (Å²) >= 11 is 0. The fraction of sp³-hybridized carbons (Fsp3) is 0.933. The van der Waals surface area contributed by atoms with Gasteiger partial charge < -0.3 is 15.8 Å². The third-order valence-electron chi connectivity index (χ3n) is 4.09. The molecule has 0 spiro atoms. The van der Waals surface area contributed by atoms with Crippen molar-refractivity contribution in [1.82, 2.24) is 5.32 Å². The van der Waals surface area contributed by atoms with Crippen LogP contribution in [0, 0.1) is 11.3 Å². The van der Waals surface area contributed by atoms with E-state index in [1.165, 1.54) is 19.3 Å². The summed E-state index contributed by atoms with van der Waals surface area (Å²) in [6.07, 6.45) is 5.44. The molecule has 0 aromatic carbocycles. The molecule has 0 aliphatic heterocycles. The van der Waals surface area contributed by atoms with Gasteiger partial charge in [0.25, 0.3) is 0 Å². The van der Waals surface area contributed by atoms with Crippen LogP contribution in [0.5, 0.6) is 0 Å². The molecule has 1 aliphatic carbocycles. The van der Waals surface area contributed by atoms with Gasteiger partial charge in [-0.2, -0.15) is 0 Å². The number of nitrogens with one attached hydrogen (secondary N) is 1. The van der Waals surface area contributed by atoms with Crippen LogP contribution in [0.25, 0.3) is 0 Å². The first-order chi connectivity index (χ1) is 8.99. The van der Waals surface area contributed by atoms with Gasteiger partial charge in [0, 0.05) is 19.8 Å². The molecule has 1 aliphatic rings. The maximum absolute atomic E-state index is 11.9. The molecule has 0 aromatic heterocycles. The van der Waals surface area contributed by atoms with Gasteiger partial charge >= 0.3 is 0 Å². The molecule has 4 nitrogen and oxygen atoms in total. The summed E-state index contributed by atoms with van der Waals surface area (Å²) in [5.41, 5.74) is 6.16. The van der Waals surface area contributed by atoms with Gasteiger partial charge in [-0.05, 0) is 43.9 Å². The van der Waals surface area contributed by atoms with Gasteiger partial charge in [-0.15, -0.1) is 12.4 Å². The lowest BCUT2D eigenvalue weighted by atomic mass is 9.66. The molecule has 3 N–H and O–H groups in total. The maximum Gasteiger partial charge on any atom is 0.236 e. The summed E-state index contributed by atoms with van der Waals surface area (Å²) in [5.74, 6) is 0.452. The number of carbonyl (C=O) groups is 1. The molecule has 1 saturated carbocycles. The van der Waals surface area contributed by atoms with Crippen molar-refractivity contribution in [3.8, 4) is 0 Å². The van der Waals surface area contributed by atoms with Crippen LogP contribution in [0.3, 0.4) is 0 Å². The van der Waals surface area contributed by atoms with Crippen molar-refractivity contribution >= 4 is 18.3 Å². The Bertz CT molecular complexity index is 281. The number of hydrogen-bond donors (Lipinski definition) is 2.